The molecular formula is C43H80NO8P. The molecule has 310 valence electrons. The van der Waals surface area contributed by atoms with Crippen molar-refractivity contribution < 1.29 is 37.6 Å². The van der Waals surface area contributed by atoms with Crippen molar-refractivity contribution in [2.75, 3.05) is 26.4 Å². The van der Waals surface area contributed by atoms with E-state index in [4.69, 9.17) is 24.3 Å². The van der Waals surface area contributed by atoms with Crippen LogP contribution in [0.15, 0.2) is 36.5 Å². The number of rotatable bonds is 40. The molecule has 0 saturated heterocycles. The van der Waals surface area contributed by atoms with Crippen LogP contribution < -0.4 is 5.73 Å². The summed E-state index contributed by atoms with van der Waals surface area (Å²) in [5, 5.41) is 0. The molecule has 53 heavy (non-hydrogen) atoms. The predicted octanol–water partition coefficient (Wildman–Crippen LogP) is 12.2. The van der Waals surface area contributed by atoms with E-state index >= 15 is 0 Å². The molecular weight excluding hydrogens is 689 g/mol. The topological polar surface area (TPSA) is 134 Å². The maximum Gasteiger partial charge on any atom is 0.472 e. The summed E-state index contributed by atoms with van der Waals surface area (Å²) in [5.74, 6) is -0.848. The molecule has 0 radical (unpaired) electrons. The molecule has 2 atom stereocenters. The Morgan fingerprint density at radius 2 is 0.981 bits per heavy atom. The van der Waals surface area contributed by atoms with Gasteiger partial charge in [-0.1, -0.05) is 147 Å². The highest BCUT2D eigenvalue weighted by atomic mass is 31.2. The molecule has 10 heteroatoms. The SMILES string of the molecule is CCCCCC=CCC=CCCCCCCCC(=O)OCC(COP(=O)(O)OCCN)OC(=O)CCCCCCCCCC=CCCCCCCCC. The Bertz CT molecular complexity index is 970. The van der Waals surface area contributed by atoms with Crippen LogP contribution in [0.25, 0.3) is 0 Å². The fourth-order valence-electron chi connectivity index (χ4n) is 5.78. The van der Waals surface area contributed by atoms with Crippen LogP contribution in [0.4, 0.5) is 0 Å². The van der Waals surface area contributed by atoms with Gasteiger partial charge in [0.2, 0.25) is 0 Å². The zero-order valence-corrected chi connectivity index (χ0v) is 34.9. The van der Waals surface area contributed by atoms with Gasteiger partial charge in [0.15, 0.2) is 6.10 Å². The second-order valence-corrected chi connectivity index (χ2v) is 15.7. The third-order valence-corrected chi connectivity index (χ3v) is 9.98. The summed E-state index contributed by atoms with van der Waals surface area (Å²) in [5.41, 5.74) is 5.34. The van der Waals surface area contributed by atoms with Gasteiger partial charge in [-0.25, -0.2) is 4.57 Å². The van der Waals surface area contributed by atoms with E-state index in [1.54, 1.807) is 0 Å². The minimum atomic E-state index is -4.38. The highest BCUT2D eigenvalue weighted by molar-refractivity contribution is 7.47. The normalized spacial score (nSPS) is 13.7. The summed E-state index contributed by atoms with van der Waals surface area (Å²) in [6, 6.07) is 0. The van der Waals surface area contributed by atoms with E-state index in [1.165, 1.54) is 89.9 Å². The fraction of sp³-hybridized carbons (Fsp3) is 0.814. The number of hydrogen-bond donors (Lipinski definition) is 2. The summed E-state index contributed by atoms with van der Waals surface area (Å²) in [6.45, 7) is 3.68. The van der Waals surface area contributed by atoms with Crippen LogP contribution in [-0.2, 0) is 32.7 Å². The lowest BCUT2D eigenvalue weighted by molar-refractivity contribution is -0.161. The van der Waals surface area contributed by atoms with Crippen molar-refractivity contribution >= 4 is 19.8 Å². The monoisotopic (exact) mass is 770 g/mol. The van der Waals surface area contributed by atoms with Crippen molar-refractivity contribution in [3.63, 3.8) is 0 Å². The van der Waals surface area contributed by atoms with Gasteiger partial charge in [0.1, 0.15) is 6.61 Å². The number of carbonyl (C=O) groups is 2. The average Bonchev–Trinajstić information content (AvgIpc) is 3.14. The lowest BCUT2D eigenvalue weighted by Gasteiger charge is -2.19. The molecule has 0 fully saturated rings. The van der Waals surface area contributed by atoms with Gasteiger partial charge < -0.3 is 20.1 Å². The number of carbonyl (C=O) groups excluding carboxylic acids is 2. The van der Waals surface area contributed by atoms with E-state index in [1.807, 2.05) is 0 Å². The minimum Gasteiger partial charge on any atom is -0.462 e. The molecule has 0 spiro atoms. The molecule has 0 amide bonds. The number of phosphoric acid groups is 1. The first kappa shape index (κ1) is 51.2. The van der Waals surface area contributed by atoms with Crippen LogP contribution in [-0.4, -0.2) is 49.3 Å². The highest BCUT2D eigenvalue weighted by Gasteiger charge is 2.26. The van der Waals surface area contributed by atoms with Crippen molar-refractivity contribution in [2.45, 2.75) is 200 Å². The Morgan fingerprint density at radius 3 is 1.49 bits per heavy atom. The molecule has 0 heterocycles. The Balaban J connectivity index is 4.18. The average molecular weight is 770 g/mol. The number of hydrogen-bond acceptors (Lipinski definition) is 8. The largest absolute Gasteiger partial charge is 0.472 e. The lowest BCUT2D eigenvalue weighted by Crippen LogP contribution is -2.29. The van der Waals surface area contributed by atoms with Gasteiger partial charge in [-0.05, 0) is 70.6 Å². The van der Waals surface area contributed by atoms with Gasteiger partial charge in [-0.3, -0.25) is 18.6 Å². The Morgan fingerprint density at radius 1 is 0.566 bits per heavy atom. The number of esters is 2. The minimum absolute atomic E-state index is 0.0504. The molecule has 3 N–H and O–H groups in total. The smallest absolute Gasteiger partial charge is 0.462 e. The summed E-state index contributed by atoms with van der Waals surface area (Å²) in [6.07, 6.45) is 43.1. The van der Waals surface area contributed by atoms with Crippen LogP contribution in [0.2, 0.25) is 0 Å². The van der Waals surface area contributed by atoms with Gasteiger partial charge in [-0.15, -0.1) is 0 Å². The van der Waals surface area contributed by atoms with Crippen molar-refractivity contribution in [3.8, 4) is 0 Å². The van der Waals surface area contributed by atoms with E-state index in [9.17, 15) is 19.0 Å². The Labute approximate surface area is 324 Å². The zero-order chi connectivity index (χ0) is 38.9. The van der Waals surface area contributed by atoms with Crippen molar-refractivity contribution in [2.24, 2.45) is 5.73 Å². The van der Waals surface area contributed by atoms with Gasteiger partial charge in [0.25, 0.3) is 0 Å². The van der Waals surface area contributed by atoms with E-state index in [-0.39, 0.29) is 32.6 Å². The van der Waals surface area contributed by atoms with E-state index in [0.717, 1.165) is 64.2 Å². The Hall–Kier alpha value is -1.77. The second kappa shape index (κ2) is 39.9. The maximum absolute atomic E-state index is 12.6. The molecule has 0 rings (SSSR count). The first-order valence-electron chi connectivity index (χ1n) is 21.5. The lowest BCUT2D eigenvalue weighted by atomic mass is 10.1. The molecule has 0 aliphatic carbocycles. The van der Waals surface area contributed by atoms with Gasteiger partial charge in [0.05, 0.1) is 13.2 Å². The summed E-state index contributed by atoms with van der Waals surface area (Å²) in [7, 11) is -4.38. The molecule has 2 unspecified atom stereocenters. The second-order valence-electron chi connectivity index (χ2n) is 14.2. The maximum atomic E-state index is 12.6. The van der Waals surface area contributed by atoms with Gasteiger partial charge in [0, 0.05) is 19.4 Å². The predicted molar refractivity (Wildman–Crippen MR) is 220 cm³/mol. The van der Waals surface area contributed by atoms with Crippen LogP contribution in [0, 0.1) is 0 Å². The highest BCUT2D eigenvalue weighted by Crippen LogP contribution is 2.43. The van der Waals surface area contributed by atoms with E-state index < -0.39 is 32.5 Å². The quantitative estimate of drug-likeness (QED) is 0.0270. The number of nitrogens with two attached hydrogens (primary N) is 1. The molecule has 0 bridgehead atoms. The first-order valence-corrected chi connectivity index (χ1v) is 23.0. The molecule has 0 aliphatic heterocycles. The number of phosphoric ester groups is 1. The summed E-state index contributed by atoms with van der Waals surface area (Å²) in [4.78, 5) is 34.8. The number of allylic oxidation sites excluding steroid dienone is 6. The molecule has 0 aromatic carbocycles. The van der Waals surface area contributed by atoms with Crippen molar-refractivity contribution in [3.05, 3.63) is 36.5 Å². The molecule has 0 aromatic rings. The van der Waals surface area contributed by atoms with Crippen LogP contribution >= 0.6 is 7.82 Å². The van der Waals surface area contributed by atoms with E-state index in [0.29, 0.717) is 12.8 Å². The summed E-state index contributed by atoms with van der Waals surface area (Å²) < 4.78 is 32.7. The van der Waals surface area contributed by atoms with E-state index in [2.05, 4.69) is 50.3 Å². The first-order chi connectivity index (χ1) is 25.8. The van der Waals surface area contributed by atoms with Crippen LogP contribution in [0.1, 0.15) is 194 Å². The number of ether oxygens (including phenoxy) is 2. The van der Waals surface area contributed by atoms with Crippen molar-refractivity contribution in [1.82, 2.24) is 0 Å². The van der Waals surface area contributed by atoms with Gasteiger partial charge in [-0.2, -0.15) is 0 Å². The molecule has 0 aliphatic rings. The molecule has 9 nitrogen and oxygen atoms in total. The summed E-state index contributed by atoms with van der Waals surface area (Å²) >= 11 is 0. The number of unbranched alkanes of at least 4 members (excludes halogenated alkanes) is 21. The fourth-order valence-corrected chi connectivity index (χ4v) is 6.54. The third-order valence-electron chi connectivity index (χ3n) is 9.00. The Kier molecular flexibility index (Phi) is 38.6. The zero-order valence-electron chi connectivity index (χ0n) is 34.0. The standard InChI is InChI=1S/C43H80NO8P/c1-3-5-7-9-11-13-15-17-19-20-22-24-26-28-30-32-34-36-43(46)52-41(40-51-53(47,48)50-38-37-44)39-49-42(45)35-33-31-29-27-25-23-21-18-16-14-12-10-8-6-4-2/h12,14,17-19,21,41H,3-11,13,15-16,20,22-40,44H2,1-2H3,(H,47,48). The van der Waals surface area contributed by atoms with Crippen LogP contribution in [0.5, 0.6) is 0 Å². The third kappa shape index (κ3) is 39.7. The van der Waals surface area contributed by atoms with Crippen molar-refractivity contribution in [1.29, 1.82) is 0 Å². The molecule has 0 aromatic heterocycles. The molecule has 0 saturated carbocycles. The van der Waals surface area contributed by atoms with Gasteiger partial charge >= 0.3 is 19.8 Å². The van der Waals surface area contributed by atoms with Crippen LogP contribution in [0.3, 0.4) is 0 Å².